The van der Waals surface area contributed by atoms with E-state index in [0.717, 1.165) is 51.7 Å². The molecule has 0 radical (unpaired) electrons. The number of nitrogens with zero attached hydrogens (tertiary/aromatic N) is 3. The largest absolute Gasteiger partial charge is 0.337 e. The van der Waals surface area contributed by atoms with Crippen LogP contribution in [0, 0.1) is 0 Å². The van der Waals surface area contributed by atoms with Crippen molar-refractivity contribution >= 4 is 5.91 Å². The minimum atomic E-state index is 0.133. The van der Waals surface area contributed by atoms with E-state index in [2.05, 4.69) is 18.8 Å². The van der Waals surface area contributed by atoms with Crippen molar-refractivity contribution in [1.29, 1.82) is 0 Å². The third-order valence-corrected chi connectivity index (χ3v) is 5.24. The van der Waals surface area contributed by atoms with Gasteiger partial charge in [0, 0.05) is 30.4 Å². The van der Waals surface area contributed by atoms with Gasteiger partial charge in [-0.25, -0.2) is 0 Å². The molecule has 1 aromatic rings. The van der Waals surface area contributed by atoms with E-state index in [1.807, 2.05) is 15.7 Å². The second-order valence-electron chi connectivity index (χ2n) is 6.95. The Morgan fingerprint density at radius 1 is 1.33 bits per heavy atom. The highest BCUT2D eigenvalue weighted by atomic mass is 16.2. The lowest BCUT2D eigenvalue weighted by Gasteiger charge is -2.25. The van der Waals surface area contributed by atoms with E-state index in [1.165, 1.54) is 24.1 Å². The molecule has 0 saturated carbocycles. The summed E-state index contributed by atoms with van der Waals surface area (Å²) in [7, 11) is 0. The molecule has 1 fully saturated rings. The molecule has 1 aliphatic carbocycles. The zero-order valence-corrected chi connectivity index (χ0v) is 14.9. The Kier molecular flexibility index (Phi) is 5.72. The highest BCUT2D eigenvalue weighted by Crippen LogP contribution is 2.26. The van der Waals surface area contributed by atoms with E-state index in [-0.39, 0.29) is 5.91 Å². The van der Waals surface area contributed by atoms with E-state index in [4.69, 9.17) is 5.10 Å². The van der Waals surface area contributed by atoms with Crippen molar-refractivity contribution in [3.8, 4) is 0 Å². The van der Waals surface area contributed by atoms with Gasteiger partial charge in [0.25, 0.3) is 5.91 Å². The highest BCUT2D eigenvalue weighted by molar-refractivity contribution is 5.94. The summed E-state index contributed by atoms with van der Waals surface area (Å²) in [6, 6.07) is 0.458. The van der Waals surface area contributed by atoms with Crippen LogP contribution in [0.2, 0.25) is 0 Å². The van der Waals surface area contributed by atoms with Crippen LogP contribution in [-0.2, 0) is 19.4 Å². The van der Waals surface area contributed by atoms with Crippen LogP contribution < -0.4 is 5.32 Å². The van der Waals surface area contributed by atoms with E-state index < -0.39 is 0 Å². The normalized spacial score (nSPS) is 21.2. The molecule has 1 N–H and O–H groups in total. The molecule has 1 saturated heterocycles. The van der Waals surface area contributed by atoms with Gasteiger partial charge >= 0.3 is 0 Å². The number of likely N-dealkylation sites (N-methyl/N-ethyl adjacent to an activating group) is 1. The molecule has 0 aromatic carbocycles. The Balaban J connectivity index is 1.88. The van der Waals surface area contributed by atoms with Crippen LogP contribution in [0.4, 0.5) is 0 Å². The lowest BCUT2D eigenvalue weighted by atomic mass is 9.91. The summed E-state index contributed by atoms with van der Waals surface area (Å²) in [5.74, 6) is 0.133. The number of allylic oxidation sites excluding steroid dienone is 1. The lowest BCUT2D eigenvalue weighted by Crippen LogP contribution is -2.36. The number of rotatable bonds is 5. The topological polar surface area (TPSA) is 50.2 Å². The third-order valence-electron chi connectivity index (χ3n) is 5.24. The number of carbonyl (C=O) groups excluding carboxylic acids is 1. The minimum Gasteiger partial charge on any atom is -0.337 e. The Labute approximate surface area is 145 Å². The molecule has 2 heterocycles. The number of nitrogens with one attached hydrogen (secondary N) is 1. The summed E-state index contributed by atoms with van der Waals surface area (Å²) in [5, 5.41) is 8.25. The molecule has 1 unspecified atom stereocenters. The van der Waals surface area contributed by atoms with Crippen molar-refractivity contribution < 1.29 is 4.79 Å². The zero-order chi connectivity index (χ0) is 16.9. The number of likely N-dealkylation sites (tertiary alicyclic amines) is 1. The van der Waals surface area contributed by atoms with Gasteiger partial charge in [0.15, 0.2) is 5.69 Å². The average Bonchev–Trinajstić information content (AvgIpc) is 2.76. The van der Waals surface area contributed by atoms with Gasteiger partial charge in [0.1, 0.15) is 0 Å². The average molecular weight is 330 g/mol. The molecule has 1 aromatic heterocycles. The number of hydrogen-bond acceptors (Lipinski definition) is 3. The molecule has 2 aliphatic rings. The van der Waals surface area contributed by atoms with Crippen LogP contribution >= 0.6 is 0 Å². The summed E-state index contributed by atoms with van der Waals surface area (Å²) in [4.78, 5) is 15.1. The van der Waals surface area contributed by atoms with Crippen molar-refractivity contribution in [1.82, 2.24) is 20.0 Å². The summed E-state index contributed by atoms with van der Waals surface area (Å²) in [5.41, 5.74) is 3.10. The molecule has 132 valence electrons. The molecule has 24 heavy (non-hydrogen) atoms. The fraction of sp³-hybridized carbons (Fsp3) is 0.684. The van der Waals surface area contributed by atoms with Crippen molar-refractivity contribution in [2.75, 3.05) is 19.6 Å². The highest BCUT2D eigenvalue weighted by Gasteiger charge is 2.30. The first-order valence-corrected chi connectivity index (χ1v) is 9.46. The van der Waals surface area contributed by atoms with Crippen LogP contribution in [-0.4, -0.2) is 46.3 Å². The Morgan fingerprint density at radius 2 is 2.08 bits per heavy atom. The van der Waals surface area contributed by atoms with Crippen molar-refractivity contribution in [3.05, 3.63) is 29.6 Å². The predicted molar refractivity (Wildman–Crippen MR) is 96.3 cm³/mol. The molecule has 0 spiro atoms. The van der Waals surface area contributed by atoms with Crippen molar-refractivity contribution in [3.63, 3.8) is 0 Å². The second kappa shape index (κ2) is 7.97. The molecule has 5 nitrogen and oxygen atoms in total. The van der Waals surface area contributed by atoms with Gasteiger partial charge in [0.05, 0.1) is 6.54 Å². The summed E-state index contributed by atoms with van der Waals surface area (Å²) in [6.07, 6.45) is 9.56. The van der Waals surface area contributed by atoms with Crippen LogP contribution in [0.25, 0.3) is 0 Å². The smallest absolute Gasteiger partial charge is 0.274 e. The van der Waals surface area contributed by atoms with Crippen molar-refractivity contribution in [2.45, 2.75) is 64.5 Å². The lowest BCUT2D eigenvalue weighted by molar-refractivity contribution is 0.0753. The molecule has 0 bridgehead atoms. The standard InChI is InChI=1S/C19H30N4O/c1-3-11-23-17-10-9-15(20-4-2)14-16(17)18(21-23)19(24)22-12-7-5-6-8-13-22/h3,15,20H,1,4-14H2,2H3. The molecular formula is C19H30N4O. The third kappa shape index (κ3) is 3.56. The van der Waals surface area contributed by atoms with E-state index in [1.54, 1.807) is 0 Å². The van der Waals surface area contributed by atoms with Gasteiger partial charge < -0.3 is 10.2 Å². The SMILES string of the molecule is C=CCn1nc(C(=O)N2CCCCCC2)c2c1CCC(NCC)C2. The van der Waals surface area contributed by atoms with Crippen LogP contribution in [0.5, 0.6) is 0 Å². The van der Waals surface area contributed by atoms with Gasteiger partial charge in [-0.1, -0.05) is 25.8 Å². The maximum atomic E-state index is 13.1. The first kappa shape index (κ1) is 17.2. The fourth-order valence-electron chi connectivity index (χ4n) is 4.02. The number of fused-ring (bicyclic) bond motifs is 1. The second-order valence-corrected chi connectivity index (χ2v) is 6.95. The molecule has 5 heteroatoms. The van der Waals surface area contributed by atoms with E-state index >= 15 is 0 Å². The number of hydrogen-bond donors (Lipinski definition) is 1. The maximum Gasteiger partial charge on any atom is 0.274 e. The zero-order valence-electron chi connectivity index (χ0n) is 14.9. The predicted octanol–water partition coefficient (Wildman–Crippen LogP) is 2.55. The number of aromatic nitrogens is 2. The molecule has 1 aliphatic heterocycles. The minimum absolute atomic E-state index is 0.133. The van der Waals surface area contributed by atoms with Crippen LogP contribution in [0.1, 0.15) is 60.8 Å². The number of carbonyl (C=O) groups is 1. The maximum absolute atomic E-state index is 13.1. The Morgan fingerprint density at radius 3 is 2.75 bits per heavy atom. The number of amides is 1. The van der Waals surface area contributed by atoms with Gasteiger partial charge in [0.2, 0.25) is 0 Å². The molecular weight excluding hydrogens is 300 g/mol. The van der Waals surface area contributed by atoms with Gasteiger partial charge in [-0.3, -0.25) is 9.48 Å². The van der Waals surface area contributed by atoms with E-state index in [9.17, 15) is 4.79 Å². The first-order valence-electron chi connectivity index (χ1n) is 9.46. The Hall–Kier alpha value is -1.62. The monoisotopic (exact) mass is 330 g/mol. The van der Waals surface area contributed by atoms with Crippen molar-refractivity contribution in [2.24, 2.45) is 0 Å². The van der Waals surface area contributed by atoms with E-state index in [0.29, 0.717) is 18.3 Å². The Bertz CT molecular complexity index is 584. The molecule has 3 rings (SSSR count). The molecule has 1 atom stereocenters. The first-order chi connectivity index (χ1) is 11.7. The quantitative estimate of drug-likeness (QED) is 0.844. The van der Waals surface area contributed by atoms with Gasteiger partial charge in [-0.05, 0) is 38.6 Å². The summed E-state index contributed by atoms with van der Waals surface area (Å²) >= 11 is 0. The fourth-order valence-corrected chi connectivity index (χ4v) is 4.02. The summed E-state index contributed by atoms with van der Waals surface area (Å²) < 4.78 is 2.00. The van der Waals surface area contributed by atoms with Crippen LogP contribution in [0.3, 0.4) is 0 Å². The van der Waals surface area contributed by atoms with Crippen LogP contribution in [0.15, 0.2) is 12.7 Å². The molecule has 1 amide bonds. The van der Waals surface area contributed by atoms with Gasteiger partial charge in [-0.2, -0.15) is 5.10 Å². The summed E-state index contributed by atoms with van der Waals surface area (Å²) in [6.45, 7) is 9.37. The van der Waals surface area contributed by atoms with Gasteiger partial charge in [-0.15, -0.1) is 6.58 Å².